The molecule has 31 heavy (non-hydrogen) atoms. The third-order valence-corrected chi connectivity index (χ3v) is 5.80. The highest BCUT2D eigenvalue weighted by molar-refractivity contribution is 5.92. The van der Waals surface area contributed by atoms with Gasteiger partial charge in [0.05, 0.1) is 13.0 Å². The Bertz CT molecular complexity index is 1160. The zero-order valence-corrected chi connectivity index (χ0v) is 17.3. The minimum atomic E-state index is -0.370. The molecule has 2 N–H and O–H groups in total. The molecule has 0 bridgehead atoms. The number of aliphatic imine (C=N–C) groups is 1. The number of carbonyl (C=O) groups excluding carboxylic acids is 1. The Balaban J connectivity index is 1.54. The third-order valence-electron chi connectivity index (χ3n) is 5.80. The Kier molecular flexibility index (Phi) is 4.86. The molecule has 1 aromatic heterocycles. The summed E-state index contributed by atoms with van der Waals surface area (Å²) in [4.78, 5) is 24.8. The molecule has 3 heterocycles. The molecule has 156 valence electrons. The van der Waals surface area contributed by atoms with E-state index in [9.17, 15) is 9.90 Å². The summed E-state index contributed by atoms with van der Waals surface area (Å²) >= 11 is 0. The number of phenols is 1. The molecule has 7 heteroatoms. The predicted molar refractivity (Wildman–Crippen MR) is 118 cm³/mol. The smallest absolute Gasteiger partial charge is 0.359 e. The molecular formula is C24H24N5O2+. The van der Waals surface area contributed by atoms with Crippen molar-refractivity contribution < 1.29 is 14.5 Å². The Hall–Kier alpha value is -3.74. The van der Waals surface area contributed by atoms with Crippen LogP contribution in [0.2, 0.25) is 0 Å². The van der Waals surface area contributed by atoms with Crippen LogP contribution in [0.1, 0.15) is 22.5 Å². The molecule has 3 aromatic rings. The van der Waals surface area contributed by atoms with Crippen LogP contribution in [0.25, 0.3) is 11.3 Å². The van der Waals surface area contributed by atoms with Crippen molar-refractivity contribution in [3.8, 4) is 17.0 Å². The fraction of sp³-hybridized carbons (Fsp3) is 0.250. The van der Waals surface area contributed by atoms with Gasteiger partial charge in [-0.3, -0.25) is 10.3 Å². The minimum Gasteiger partial charge on any atom is -0.508 e. The number of rotatable bonds is 5. The third kappa shape index (κ3) is 3.74. The molecule has 0 saturated carbocycles. The summed E-state index contributed by atoms with van der Waals surface area (Å²) in [6.45, 7) is 1.67. The van der Waals surface area contributed by atoms with Gasteiger partial charge in [0.1, 0.15) is 29.2 Å². The number of anilines is 1. The molecule has 7 nitrogen and oxygen atoms in total. The van der Waals surface area contributed by atoms with Crippen molar-refractivity contribution in [2.75, 3.05) is 25.5 Å². The average molecular weight is 414 g/mol. The van der Waals surface area contributed by atoms with E-state index in [1.807, 2.05) is 37.4 Å². The number of benzene rings is 2. The van der Waals surface area contributed by atoms with Crippen LogP contribution >= 0.6 is 0 Å². The van der Waals surface area contributed by atoms with Crippen molar-refractivity contribution in [1.82, 2.24) is 9.88 Å². The van der Waals surface area contributed by atoms with Gasteiger partial charge in [-0.25, -0.2) is 9.78 Å². The van der Waals surface area contributed by atoms with Gasteiger partial charge in [0, 0.05) is 25.6 Å². The van der Waals surface area contributed by atoms with E-state index in [4.69, 9.17) is 4.98 Å². The zero-order chi connectivity index (χ0) is 21.4. The van der Waals surface area contributed by atoms with E-state index < -0.39 is 0 Å². The molecule has 0 spiro atoms. The number of phenolic OH excluding ortho intramolecular Hbond substituents is 1. The maximum Gasteiger partial charge on any atom is 0.359 e. The second-order valence-corrected chi connectivity index (χ2v) is 7.96. The molecule has 2 aliphatic heterocycles. The fourth-order valence-corrected chi connectivity index (χ4v) is 4.08. The second kappa shape index (κ2) is 7.83. The second-order valence-electron chi connectivity index (χ2n) is 7.96. The van der Waals surface area contributed by atoms with Gasteiger partial charge in [0.15, 0.2) is 0 Å². The molecule has 0 fully saturated rings. The van der Waals surface area contributed by atoms with E-state index in [0.29, 0.717) is 18.5 Å². The summed E-state index contributed by atoms with van der Waals surface area (Å²) in [6.07, 6.45) is 2.94. The van der Waals surface area contributed by atoms with Crippen molar-refractivity contribution in [2.24, 2.45) is 4.99 Å². The number of carbonyl (C=O) groups is 1. The molecule has 0 radical (unpaired) electrons. The van der Waals surface area contributed by atoms with Gasteiger partial charge in [-0.05, 0) is 29.8 Å². The van der Waals surface area contributed by atoms with Gasteiger partial charge in [-0.2, -0.15) is 4.57 Å². The standard InChI is InChI=1S/C24H23N5O2/c1-28-12-11-25-22(28)14-20-24(31)29-15-21(17-7-9-18(30)10-8-17)26-19(23(29)27-20)13-16-5-3-2-4-6-16/h2-10,15,20,30H,11-14H2,1H3/p+1. The van der Waals surface area contributed by atoms with Gasteiger partial charge in [0.25, 0.3) is 0 Å². The summed E-state index contributed by atoms with van der Waals surface area (Å²) in [6, 6.07) is 16.6. The topological polar surface area (TPSA) is 81.7 Å². The molecule has 1 unspecified atom stereocenters. The van der Waals surface area contributed by atoms with Crippen LogP contribution in [0, 0.1) is 0 Å². The molecular weight excluding hydrogens is 390 g/mol. The first-order valence-electron chi connectivity index (χ1n) is 10.4. The highest BCUT2D eigenvalue weighted by Crippen LogP contribution is 2.26. The Morgan fingerprint density at radius 2 is 1.94 bits per heavy atom. The van der Waals surface area contributed by atoms with E-state index in [1.54, 1.807) is 22.9 Å². The number of aromatic hydroxyl groups is 1. The van der Waals surface area contributed by atoms with Gasteiger partial charge >= 0.3 is 11.7 Å². The molecule has 2 aliphatic rings. The largest absolute Gasteiger partial charge is 0.508 e. The monoisotopic (exact) mass is 414 g/mol. The fourth-order valence-electron chi connectivity index (χ4n) is 4.08. The van der Waals surface area contributed by atoms with Crippen molar-refractivity contribution in [3.63, 3.8) is 0 Å². The molecule has 1 atom stereocenters. The van der Waals surface area contributed by atoms with Crippen LogP contribution in [-0.4, -0.2) is 52.9 Å². The number of aromatic nitrogens is 2. The lowest BCUT2D eigenvalue weighted by Gasteiger charge is -2.14. The van der Waals surface area contributed by atoms with Crippen LogP contribution in [0.4, 0.5) is 5.82 Å². The van der Waals surface area contributed by atoms with Gasteiger partial charge in [-0.1, -0.05) is 30.3 Å². The lowest BCUT2D eigenvalue weighted by Crippen LogP contribution is -2.44. The van der Waals surface area contributed by atoms with E-state index >= 15 is 0 Å². The van der Waals surface area contributed by atoms with Crippen molar-refractivity contribution in [2.45, 2.75) is 18.9 Å². The quantitative estimate of drug-likeness (QED) is 0.627. The lowest BCUT2D eigenvalue weighted by molar-refractivity contribution is -0.552. The summed E-state index contributed by atoms with van der Waals surface area (Å²) in [5.41, 5.74) is 3.48. The SMILES string of the molecule is CN1CCN=C1CC1Nc2c(Cc3ccccc3)nc(-c3ccc(O)cc3)c[n+]2C1=O. The number of hydrogen-bond donors (Lipinski definition) is 2. The summed E-state index contributed by atoms with van der Waals surface area (Å²) in [7, 11) is 2.01. The molecule has 0 saturated heterocycles. The molecule has 5 rings (SSSR count). The number of amidine groups is 1. The normalized spacial score (nSPS) is 17.5. The Morgan fingerprint density at radius 3 is 2.65 bits per heavy atom. The van der Waals surface area contributed by atoms with Gasteiger partial charge < -0.3 is 10.0 Å². The minimum absolute atomic E-state index is 0.00487. The van der Waals surface area contributed by atoms with Crippen LogP contribution < -0.4 is 9.88 Å². The zero-order valence-electron chi connectivity index (χ0n) is 17.3. The molecule has 0 amide bonds. The number of fused-ring (bicyclic) bond motifs is 1. The first-order chi connectivity index (χ1) is 15.1. The van der Waals surface area contributed by atoms with E-state index in [2.05, 4.69) is 27.3 Å². The lowest BCUT2D eigenvalue weighted by atomic mass is 10.1. The van der Waals surface area contributed by atoms with Gasteiger partial charge in [0.2, 0.25) is 6.04 Å². The first-order valence-corrected chi connectivity index (χ1v) is 10.4. The summed E-state index contributed by atoms with van der Waals surface area (Å²) < 4.78 is 1.69. The summed E-state index contributed by atoms with van der Waals surface area (Å²) in [5, 5.41) is 13.0. The van der Waals surface area contributed by atoms with Crippen LogP contribution in [0.5, 0.6) is 5.75 Å². The first kappa shape index (κ1) is 19.2. The number of hydrogen-bond acceptors (Lipinski definition) is 6. The molecule has 2 aromatic carbocycles. The molecule has 0 aliphatic carbocycles. The average Bonchev–Trinajstić information content (AvgIpc) is 3.33. The van der Waals surface area contributed by atoms with E-state index in [1.165, 1.54) is 0 Å². The summed E-state index contributed by atoms with van der Waals surface area (Å²) in [5.74, 6) is 1.88. The van der Waals surface area contributed by atoms with Gasteiger partial charge in [-0.15, -0.1) is 0 Å². The predicted octanol–water partition coefficient (Wildman–Crippen LogP) is 2.50. The van der Waals surface area contributed by atoms with Crippen LogP contribution in [0.3, 0.4) is 0 Å². The van der Waals surface area contributed by atoms with Crippen molar-refractivity contribution in [1.29, 1.82) is 0 Å². The number of nitrogens with zero attached hydrogens (tertiary/aromatic N) is 4. The van der Waals surface area contributed by atoms with Crippen LogP contribution in [0.15, 0.2) is 65.8 Å². The van der Waals surface area contributed by atoms with E-state index in [0.717, 1.165) is 41.6 Å². The Morgan fingerprint density at radius 1 is 1.16 bits per heavy atom. The van der Waals surface area contributed by atoms with Crippen molar-refractivity contribution in [3.05, 3.63) is 72.1 Å². The maximum atomic E-state index is 13.3. The van der Waals surface area contributed by atoms with Crippen LogP contribution in [-0.2, 0) is 6.42 Å². The Labute approximate surface area is 180 Å². The number of likely N-dealkylation sites (N-methyl/N-ethyl adjacent to an activating group) is 1. The number of nitrogens with one attached hydrogen (secondary N) is 1. The maximum absolute atomic E-state index is 13.3. The van der Waals surface area contributed by atoms with E-state index in [-0.39, 0.29) is 17.7 Å². The highest BCUT2D eigenvalue weighted by Gasteiger charge is 2.42. The van der Waals surface area contributed by atoms with Crippen molar-refractivity contribution >= 4 is 17.6 Å². The highest BCUT2D eigenvalue weighted by atomic mass is 16.3.